The first-order valence-electron chi connectivity index (χ1n) is 10.2. The lowest BCUT2D eigenvalue weighted by molar-refractivity contribution is 0.837. The molecule has 154 valence electrons. The fourth-order valence-electron chi connectivity index (χ4n) is 3.79. The molecule has 3 aromatic heterocycles. The zero-order valence-electron chi connectivity index (χ0n) is 17.3. The Morgan fingerprint density at radius 1 is 0.935 bits per heavy atom. The number of hydrogen-bond acceptors (Lipinski definition) is 5. The number of hydrogen-bond donors (Lipinski definition) is 0. The van der Waals surface area contributed by atoms with Crippen LogP contribution in [0.5, 0.6) is 0 Å². The predicted molar refractivity (Wildman–Crippen MR) is 124 cm³/mol. The molecule has 7 heteroatoms. The molecule has 0 saturated carbocycles. The lowest BCUT2D eigenvalue weighted by Crippen LogP contribution is -2.23. The Hall–Kier alpha value is -3.45. The Kier molecular flexibility index (Phi) is 5.03. The molecule has 0 aliphatic heterocycles. The van der Waals surface area contributed by atoms with Crippen molar-refractivity contribution in [3.8, 4) is 5.69 Å². The van der Waals surface area contributed by atoms with Crippen LogP contribution in [0.2, 0.25) is 0 Å². The maximum atomic E-state index is 13.6. The van der Waals surface area contributed by atoms with Crippen molar-refractivity contribution in [2.24, 2.45) is 0 Å². The normalized spacial score (nSPS) is 11.6. The second kappa shape index (κ2) is 8.00. The van der Waals surface area contributed by atoms with Crippen LogP contribution >= 0.6 is 11.8 Å². The van der Waals surface area contributed by atoms with E-state index in [9.17, 15) is 4.79 Å². The zero-order valence-corrected chi connectivity index (χ0v) is 18.1. The molecular formula is C24H21N5OS. The largest absolute Gasteiger partial charge is 0.268 e. The number of pyridine rings is 1. The summed E-state index contributed by atoms with van der Waals surface area (Å²) in [4.78, 5) is 18.0. The summed E-state index contributed by atoms with van der Waals surface area (Å²) in [5.74, 6) is 1.44. The van der Waals surface area contributed by atoms with E-state index in [0.29, 0.717) is 16.9 Å². The molecule has 3 heterocycles. The minimum atomic E-state index is -0.0927. The molecule has 0 radical (unpaired) electrons. The van der Waals surface area contributed by atoms with Crippen molar-refractivity contribution in [2.75, 3.05) is 0 Å². The zero-order chi connectivity index (χ0) is 21.4. The first-order valence-corrected chi connectivity index (χ1v) is 11.1. The van der Waals surface area contributed by atoms with Crippen LogP contribution in [0.3, 0.4) is 0 Å². The van der Waals surface area contributed by atoms with Crippen molar-refractivity contribution in [1.82, 2.24) is 24.1 Å². The minimum absolute atomic E-state index is 0.0927. The lowest BCUT2D eigenvalue weighted by Gasteiger charge is -2.16. The van der Waals surface area contributed by atoms with Gasteiger partial charge in [0.2, 0.25) is 5.78 Å². The van der Waals surface area contributed by atoms with Gasteiger partial charge in [-0.15, -0.1) is 10.2 Å². The van der Waals surface area contributed by atoms with Gasteiger partial charge in [0, 0.05) is 11.9 Å². The predicted octanol–water partition coefficient (Wildman–Crippen LogP) is 4.84. The number of rotatable bonds is 5. The van der Waals surface area contributed by atoms with Gasteiger partial charge in [-0.1, -0.05) is 62.0 Å². The molecule has 2 aromatic carbocycles. The molecule has 31 heavy (non-hydrogen) atoms. The highest BCUT2D eigenvalue weighted by Gasteiger charge is 2.20. The van der Waals surface area contributed by atoms with E-state index in [0.717, 1.165) is 27.6 Å². The summed E-state index contributed by atoms with van der Waals surface area (Å²) in [6.07, 6.45) is 1.79. The summed E-state index contributed by atoms with van der Waals surface area (Å²) >= 11 is 1.56. The highest BCUT2D eigenvalue weighted by molar-refractivity contribution is 7.98. The molecule has 0 bridgehead atoms. The molecule has 0 aliphatic carbocycles. The third kappa shape index (κ3) is 3.41. The number of benzene rings is 2. The second-order valence-electron chi connectivity index (χ2n) is 7.60. The monoisotopic (exact) mass is 427 g/mol. The Labute approximate surface area is 183 Å². The summed E-state index contributed by atoms with van der Waals surface area (Å²) in [6.45, 7) is 4.25. The van der Waals surface area contributed by atoms with E-state index in [-0.39, 0.29) is 11.5 Å². The number of nitrogens with zero attached hydrogens (tertiary/aromatic N) is 5. The fraction of sp³-hybridized carbons (Fsp3) is 0.167. The van der Waals surface area contributed by atoms with Crippen LogP contribution in [0.1, 0.15) is 31.0 Å². The van der Waals surface area contributed by atoms with Gasteiger partial charge in [0.1, 0.15) is 0 Å². The van der Waals surface area contributed by atoms with E-state index >= 15 is 0 Å². The lowest BCUT2D eigenvalue weighted by atomic mass is 10.0. The molecule has 0 amide bonds. The van der Waals surface area contributed by atoms with Gasteiger partial charge in [-0.05, 0) is 41.8 Å². The molecule has 0 spiro atoms. The third-order valence-electron chi connectivity index (χ3n) is 5.27. The summed E-state index contributed by atoms with van der Waals surface area (Å²) in [6, 6.07) is 21.5. The van der Waals surface area contributed by atoms with Gasteiger partial charge in [-0.2, -0.15) is 0 Å². The maximum absolute atomic E-state index is 13.6. The highest BCUT2D eigenvalue weighted by Crippen LogP contribution is 2.27. The van der Waals surface area contributed by atoms with Crippen molar-refractivity contribution in [3.05, 3.63) is 94.5 Å². The summed E-state index contributed by atoms with van der Waals surface area (Å²) in [5.41, 5.74) is 3.60. The second-order valence-corrected chi connectivity index (χ2v) is 8.54. The van der Waals surface area contributed by atoms with E-state index < -0.39 is 0 Å². The Bertz CT molecular complexity index is 1440. The SMILES string of the molecule is CC(C)c1ccccc1-n1c(=O)c2ccccc2n2c(SCc3ccccn3)nnc12. The van der Waals surface area contributed by atoms with E-state index in [1.165, 1.54) is 0 Å². The van der Waals surface area contributed by atoms with Crippen molar-refractivity contribution in [2.45, 2.75) is 30.7 Å². The average molecular weight is 428 g/mol. The van der Waals surface area contributed by atoms with Gasteiger partial charge in [-0.3, -0.25) is 14.2 Å². The maximum Gasteiger partial charge on any atom is 0.267 e. The molecule has 0 unspecified atom stereocenters. The quantitative estimate of drug-likeness (QED) is 0.375. The molecule has 0 saturated heterocycles. The highest BCUT2D eigenvalue weighted by atomic mass is 32.2. The third-order valence-corrected chi connectivity index (χ3v) is 6.23. The van der Waals surface area contributed by atoms with Crippen LogP contribution in [0.4, 0.5) is 0 Å². The van der Waals surface area contributed by atoms with Gasteiger partial charge in [0.05, 0.1) is 22.3 Å². The van der Waals surface area contributed by atoms with E-state index in [2.05, 4.69) is 35.1 Å². The van der Waals surface area contributed by atoms with Crippen LogP contribution in [-0.2, 0) is 5.75 Å². The van der Waals surface area contributed by atoms with Gasteiger partial charge in [0.15, 0.2) is 5.16 Å². The Balaban J connectivity index is 1.77. The molecule has 5 aromatic rings. The summed E-state index contributed by atoms with van der Waals surface area (Å²) in [5, 5.41) is 10.3. The van der Waals surface area contributed by atoms with Crippen LogP contribution in [-0.4, -0.2) is 24.1 Å². The number of aromatic nitrogens is 5. The number of fused-ring (bicyclic) bond motifs is 3. The molecule has 0 atom stereocenters. The average Bonchev–Trinajstić information content (AvgIpc) is 3.22. The topological polar surface area (TPSA) is 65.1 Å². The first kappa shape index (κ1) is 19.5. The fourth-order valence-corrected chi connectivity index (χ4v) is 4.65. The summed E-state index contributed by atoms with van der Waals surface area (Å²) in [7, 11) is 0. The Morgan fingerprint density at radius 3 is 2.52 bits per heavy atom. The molecular weight excluding hydrogens is 406 g/mol. The minimum Gasteiger partial charge on any atom is -0.268 e. The van der Waals surface area contributed by atoms with Gasteiger partial charge >= 0.3 is 0 Å². The summed E-state index contributed by atoms with van der Waals surface area (Å²) < 4.78 is 3.66. The molecule has 0 aliphatic rings. The van der Waals surface area contributed by atoms with E-state index in [1.807, 2.05) is 65.1 Å². The molecule has 6 nitrogen and oxygen atoms in total. The van der Waals surface area contributed by atoms with Gasteiger partial charge < -0.3 is 0 Å². The van der Waals surface area contributed by atoms with E-state index in [1.54, 1.807) is 22.5 Å². The molecule has 0 N–H and O–H groups in total. The molecule has 5 rings (SSSR count). The van der Waals surface area contributed by atoms with Crippen LogP contribution in [0, 0.1) is 0 Å². The van der Waals surface area contributed by atoms with Crippen molar-refractivity contribution in [1.29, 1.82) is 0 Å². The van der Waals surface area contributed by atoms with Crippen LogP contribution in [0.25, 0.3) is 22.4 Å². The van der Waals surface area contributed by atoms with Crippen LogP contribution in [0.15, 0.2) is 82.9 Å². The van der Waals surface area contributed by atoms with Gasteiger partial charge in [0.25, 0.3) is 5.56 Å². The van der Waals surface area contributed by atoms with Gasteiger partial charge in [-0.25, -0.2) is 4.57 Å². The Morgan fingerprint density at radius 2 is 1.71 bits per heavy atom. The number of thioether (sulfide) groups is 1. The standard InChI is InChI=1S/C24H21N5OS/c1-16(2)18-10-3-5-12-20(18)28-22(30)19-11-4-6-13-21(19)29-23(28)26-27-24(29)31-15-17-9-7-8-14-25-17/h3-14,16H,15H2,1-2H3. The smallest absolute Gasteiger partial charge is 0.267 e. The molecule has 0 fully saturated rings. The van der Waals surface area contributed by atoms with Crippen molar-refractivity contribution < 1.29 is 0 Å². The van der Waals surface area contributed by atoms with Crippen molar-refractivity contribution in [3.63, 3.8) is 0 Å². The first-order chi connectivity index (χ1) is 15.1. The van der Waals surface area contributed by atoms with Crippen molar-refractivity contribution >= 4 is 28.4 Å². The van der Waals surface area contributed by atoms with E-state index in [4.69, 9.17) is 0 Å². The van der Waals surface area contributed by atoms with Crippen LogP contribution < -0.4 is 5.56 Å². The number of para-hydroxylation sites is 2.